The van der Waals surface area contributed by atoms with Gasteiger partial charge in [-0.2, -0.15) is 0 Å². The monoisotopic (exact) mass is 472 g/mol. The molecule has 0 aliphatic heterocycles. The van der Waals surface area contributed by atoms with Crippen LogP contribution >= 0.6 is 22.7 Å². The molecule has 0 fully saturated rings. The molecule has 4 nitrogen and oxygen atoms in total. The van der Waals surface area contributed by atoms with Gasteiger partial charge in [0.05, 0.1) is 17.8 Å². The number of thiazole rings is 1. The van der Waals surface area contributed by atoms with Gasteiger partial charge in [-0.05, 0) is 34.6 Å². The van der Waals surface area contributed by atoms with E-state index >= 15 is 0 Å². The summed E-state index contributed by atoms with van der Waals surface area (Å²) in [6.07, 6.45) is 0. The van der Waals surface area contributed by atoms with Crippen molar-refractivity contribution < 1.29 is 9.90 Å². The molecule has 0 unspecified atom stereocenters. The second-order valence-electron chi connectivity index (χ2n) is 7.69. The molecule has 0 atom stereocenters. The first-order valence-corrected chi connectivity index (χ1v) is 11.9. The van der Waals surface area contributed by atoms with E-state index in [-0.39, 0.29) is 29.6 Å². The van der Waals surface area contributed by atoms with Crippen LogP contribution in [0.5, 0.6) is 0 Å². The molecule has 0 aliphatic rings. The van der Waals surface area contributed by atoms with Crippen molar-refractivity contribution in [3.8, 4) is 11.3 Å². The molecule has 4 rings (SSSR count). The summed E-state index contributed by atoms with van der Waals surface area (Å²) < 4.78 is 0. The second-order valence-corrected chi connectivity index (χ2v) is 9.56. The quantitative estimate of drug-likeness (QED) is 0.308. The van der Waals surface area contributed by atoms with E-state index in [9.17, 15) is 9.90 Å². The van der Waals surface area contributed by atoms with Crippen LogP contribution in [0, 0.1) is 0 Å². The number of carboxylic acids is 1. The van der Waals surface area contributed by atoms with E-state index in [2.05, 4.69) is 59.8 Å². The SMILES string of the molecule is CC(C)c1ccc(-c2csc(N(Cc3cccs3)Cc3ccccc3C(=O)O)n2)cc1.[NaH]. The topological polar surface area (TPSA) is 53.4 Å². The summed E-state index contributed by atoms with van der Waals surface area (Å²) in [5, 5.41) is 14.6. The van der Waals surface area contributed by atoms with Gasteiger partial charge in [0.15, 0.2) is 5.13 Å². The summed E-state index contributed by atoms with van der Waals surface area (Å²) in [5.74, 6) is -0.410. The van der Waals surface area contributed by atoms with Gasteiger partial charge in [-0.3, -0.25) is 0 Å². The Labute approximate surface area is 218 Å². The van der Waals surface area contributed by atoms with Crippen LogP contribution in [-0.2, 0) is 13.1 Å². The molecule has 0 bridgehead atoms. The van der Waals surface area contributed by atoms with Crippen LogP contribution in [0.2, 0.25) is 0 Å². The number of carbonyl (C=O) groups is 1. The van der Waals surface area contributed by atoms with Gasteiger partial charge in [-0.1, -0.05) is 62.4 Å². The molecule has 0 spiro atoms. The van der Waals surface area contributed by atoms with Gasteiger partial charge in [-0.15, -0.1) is 22.7 Å². The molecule has 2 aromatic carbocycles. The van der Waals surface area contributed by atoms with Crippen molar-refractivity contribution in [2.75, 3.05) is 4.90 Å². The molecule has 0 amide bonds. The molecule has 0 saturated heterocycles. The summed E-state index contributed by atoms with van der Waals surface area (Å²) in [6.45, 7) is 5.55. The molecule has 0 aliphatic carbocycles. The number of benzene rings is 2. The minimum atomic E-state index is -0.906. The maximum atomic E-state index is 11.7. The Morgan fingerprint density at radius 3 is 2.41 bits per heavy atom. The summed E-state index contributed by atoms with van der Waals surface area (Å²) in [7, 11) is 0. The summed E-state index contributed by atoms with van der Waals surface area (Å²) in [4.78, 5) is 20.0. The van der Waals surface area contributed by atoms with E-state index in [0.29, 0.717) is 24.6 Å². The molecular formula is C25H25N2NaO2S2. The number of aromatic carboxylic acids is 1. The van der Waals surface area contributed by atoms with Gasteiger partial charge in [-0.25, -0.2) is 9.78 Å². The van der Waals surface area contributed by atoms with Crippen LogP contribution in [0.1, 0.15) is 46.1 Å². The van der Waals surface area contributed by atoms with E-state index in [4.69, 9.17) is 4.98 Å². The van der Waals surface area contributed by atoms with E-state index in [1.165, 1.54) is 10.4 Å². The zero-order chi connectivity index (χ0) is 21.8. The number of aromatic nitrogens is 1. The predicted octanol–water partition coefficient (Wildman–Crippen LogP) is 6.25. The van der Waals surface area contributed by atoms with Gasteiger partial charge in [0.2, 0.25) is 0 Å². The Bertz CT molecular complexity index is 1150. The normalized spacial score (nSPS) is 10.7. The molecule has 0 radical (unpaired) electrons. The number of carboxylic acid groups (broad SMARTS) is 1. The molecule has 160 valence electrons. The number of rotatable bonds is 8. The average molecular weight is 473 g/mol. The molecule has 0 saturated carbocycles. The van der Waals surface area contributed by atoms with Gasteiger partial charge in [0.25, 0.3) is 0 Å². The Hall–Kier alpha value is -1.96. The third-order valence-corrected chi connectivity index (χ3v) is 6.93. The van der Waals surface area contributed by atoms with Crippen molar-refractivity contribution in [3.63, 3.8) is 0 Å². The molecule has 7 heteroatoms. The second kappa shape index (κ2) is 11.3. The van der Waals surface area contributed by atoms with Gasteiger partial charge >= 0.3 is 35.5 Å². The summed E-state index contributed by atoms with van der Waals surface area (Å²) >= 11 is 3.28. The summed E-state index contributed by atoms with van der Waals surface area (Å²) in [5.41, 5.74) is 4.46. The van der Waals surface area contributed by atoms with E-state index in [1.807, 2.05) is 18.2 Å². The van der Waals surface area contributed by atoms with Crippen LogP contribution in [0.4, 0.5) is 5.13 Å². The van der Waals surface area contributed by atoms with Gasteiger partial charge in [0, 0.05) is 22.4 Å². The Balaban J connectivity index is 0.00000289. The van der Waals surface area contributed by atoms with Crippen LogP contribution in [0.25, 0.3) is 11.3 Å². The first-order valence-electron chi connectivity index (χ1n) is 10.2. The minimum absolute atomic E-state index is 0. The van der Waals surface area contributed by atoms with Crippen LogP contribution < -0.4 is 4.90 Å². The molecular weight excluding hydrogens is 447 g/mol. The summed E-state index contributed by atoms with van der Waals surface area (Å²) in [6, 6.07) is 19.9. The fraction of sp³-hybridized carbons (Fsp3) is 0.200. The molecule has 1 N–H and O–H groups in total. The van der Waals surface area contributed by atoms with E-state index in [1.54, 1.807) is 34.8 Å². The van der Waals surface area contributed by atoms with Crippen LogP contribution in [-0.4, -0.2) is 45.6 Å². The Kier molecular flexibility index (Phi) is 8.68. The van der Waals surface area contributed by atoms with Crippen LogP contribution in [0.15, 0.2) is 71.4 Å². The van der Waals surface area contributed by atoms with Gasteiger partial charge in [0.1, 0.15) is 0 Å². The average Bonchev–Trinajstić information content (AvgIpc) is 3.46. The number of hydrogen-bond acceptors (Lipinski definition) is 5. The van der Waals surface area contributed by atoms with E-state index < -0.39 is 5.97 Å². The van der Waals surface area contributed by atoms with E-state index in [0.717, 1.165) is 22.0 Å². The first kappa shape index (κ1) is 24.7. The first-order chi connectivity index (χ1) is 15.0. The maximum absolute atomic E-state index is 11.7. The van der Waals surface area contributed by atoms with Crippen LogP contribution in [0.3, 0.4) is 0 Å². The molecule has 2 heterocycles. The van der Waals surface area contributed by atoms with Crippen molar-refractivity contribution in [1.82, 2.24) is 4.98 Å². The Morgan fingerprint density at radius 2 is 1.75 bits per heavy atom. The zero-order valence-electron chi connectivity index (χ0n) is 17.5. The van der Waals surface area contributed by atoms with Crippen molar-refractivity contribution in [2.45, 2.75) is 32.9 Å². The number of hydrogen-bond donors (Lipinski definition) is 1. The van der Waals surface area contributed by atoms with Crippen molar-refractivity contribution >= 4 is 63.3 Å². The fourth-order valence-corrected chi connectivity index (χ4v) is 4.99. The molecule has 2 aromatic heterocycles. The number of thiophene rings is 1. The number of anilines is 1. The van der Waals surface area contributed by atoms with Crippen molar-refractivity contribution in [2.24, 2.45) is 0 Å². The molecule has 32 heavy (non-hydrogen) atoms. The predicted molar refractivity (Wildman–Crippen MR) is 136 cm³/mol. The molecule has 4 aromatic rings. The standard InChI is InChI=1S/C25H24N2O2S2.Na.H/c1-17(2)18-9-11-19(12-10-18)23-16-31-25(26-23)27(15-21-7-5-13-30-21)14-20-6-3-4-8-22(20)24(28)29;;/h3-13,16-17H,14-15H2,1-2H3,(H,28,29);;. The Morgan fingerprint density at radius 1 is 1.00 bits per heavy atom. The zero-order valence-corrected chi connectivity index (χ0v) is 19.1. The third-order valence-electron chi connectivity index (χ3n) is 5.17. The number of nitrogens with zero attached hydrogens (tertiary/aromatic N) is 2. The third kappa shape index (κ3) is 5.88. The van der Waals surface area contributed by atoms with Gasteiger partial charge < -0.3 is 10.0 Å². The van der Waals surface area contributed by atoms with Crippen molar-refractivity contribution in [1.29, 1.82) is 0 Å². The van der Waals surface area contributed by atoms with Crippen molar-refractivity contribution in [3.05, 3.63) is 93.0 Å². The fourth-order valence-electron chi connectivity index (χ4n) is 3.44.